The zero-order valence-corrected chi connectivity index (χ0v) is 9.45. The average Bonchev–Trinajstić information content (AvgIpc) is 2.39. The summed E-state index contributed by atoms with van der Waals surface area (Å²) in [5, 5.41) is 11.7. The van der Waals surface area contributed by atoms with E-state index in [1.165, 1.54) is 18.3 Å². The minimum absolute atomic E-state index is 0.0898. The van der Waals surface area contributed by atoms with Gasteiger partial charge in [-0.2, -0.15) is 0 Å². The number of carbonyl (C=O) groups excluding carboxylic acids is 1. The van der Waals surface area contributed by atoms with Crippen LogP contribution in [0.3, 0.4) is 0 Å². The number of rotatable bonds is 3. The fraction of sp³-hybridized carbons (Fsp3) is 0. The highest BCUT2D eigenvalue weighted by molar-refractivity contribution is 6.01. The Kier molecular flexibility index (Phi) is 3.66. The van der Waals surface area contributed by atoms with E-state index in [0.717, 1.165) is 0 Å². The lowest BCUT2D eigenvalue weighted by molar-refractivity contribution is -0.111. The first-order valence-electron chi connectivity index (χ1n) is 5.28. The molecule has 0 aromatic carbocycles. The maximum atomic E-state index is 11.5. The van der Waals surface area contributed by atoms with Crippen molar-refractivity contribution in [1.82, 2.24) is 9.97 Å². The van der Waals surface area contributed by atoms with Gasteiger partial charge in [0.2, 0.25) is 5.91 Å². The van der Waals surface area contributed by atoms with Crippen LogP contribution >= 0.6 is 0 Å². The lowest BCUT2D eigenvalue weighted by atomic mass is 10.3. The summed E-state index contributed by atoms with van der Waals surface area (Å²) in [7, 11) is 0. The van der Waals surface area contributed by atoms with Gasteiger partial charge in [0.05, 0.1) is 23.8 Å². The number of hydrogen-bond donors (Lipinski definition) is 2. The minimum Gasteiger partial charge on any atom is -0.506 e. The van der Waals surface area contributed by atoms with Gasteiger partial charge in [0.25, 0.3) is 0 Å². The molecule has 0 saturated heterocycles. The molecule has 90 valence electrons. The number of anilines is 1. The predicted octanol–water partition coefficient (Wildman–Crippen LogP) is 1.83. The fourth-order valence-electron chi connectivity index (χ4n) is 1.28. The predicted molar refractivity (Wildman–Crippen MR) is 67.8 cm³/mol. The van der Waals surface area contributed by atoms with Gasteiger partial charge in [-0.3, -0.25) is 14.8 Å². The molecule has 2 heterocycles. The molecule has 2 aromatic rings. The molecule has 2 rings (SSSR count). The quantitative estimate of drug-likeness (QED) is 0.804. The molecule has 0 saturated carbocycles. The van der Waals surface area contributed by atoms with Gasteiger partial charge in [0.15, 0.2) is 0 Å². The molecule has 0 aliphatic carbocycles. The molecular formula is C13H11N3O2. The SMILES string of the molecule is O=C(/C=C/c1ccc(O)cn1)Nc1cccnc1. The molecule has 5 heteroatoms. The van der Waals surface area contributed by atoms with Crippen LogP contribution in [0.25, 0.3) is 6.08 Å². The second kappa shape index (κ2) is 5.58. The molecule has 5 nitrogen and oxygen atoms in total. The van der Waals surface area contributed by atoms with Crippen LogP contribution in [-0.2, 0) is 4.79 Å². The molecule has 0 radical (unpaired) electrons. The van der Waals surface area contributed by atoms with E-state index in [2.05, 4.69) is 15.3 Å². The summed E-state index contributed by atoms with van der Waals surface area (Å²) in [5.41, 5.74) is 1.22. The van der Waals surface area contributed by atoms with Crippen molar-refractivity contribution in [2.24, 2.45) is 0 Å². The number of aromatic hydroxyl groups is 1. The van der Waals surface area contributed by atoms with Gasteiger partial charge >= 0.3 is 0 Å². The van der Waals surface area contributed by atoms with E-state index in [1.54, 1.807) is 36.7 Å². The zero-order chi connectivity index (χ0) is 12.8. The highest BCUT2D eigenvalue weighted by atomic mass is 16.3. The number of nitrogens with one attached hydrogen (secondary N) is 1. The van der Waals surface area contributed by atoms with Crippen LogP contribution in [0.15, 0.2) is 48.9 Å². The molecular weight excluding hydrogens is 230 g/mol. The van der Waals surface area contributed by atoms with Crippen molar-refractivity contribution in [1.29, 1.82) is 0 Å². The van der Waals surface area contributed by atoms with Crippen LogP contribution < -0.4 is 5.32 Å². The van der Waals surface area contributed by atoms with Crippen LogP contribution in [0, 0.1) is 0 Å². The lowest BCUT2D eigenvalue weighted by Gasteiger charge is -1.99. The third kappa shape index (κ3) is 3.41. The summed E-state index contributed by atoms with van der Waals surface area (Å²) in [4.78, 5) is 19.4. The van der Waals surface area contributed by atoms with E-state index >= 15 is 0 Å². The Morgan fingerprint density at radius 1 is 1.28 bits per heavy atom. The van der Waals surface area contributed by atoms with Crippen LogP contribution in [0.2, 0.25) is 0 Å². The van der Waals surface area contributed by atoms with Crippen molar-refractivity contribution in [2.45, 2.75) is 0 Å². The van der Waals surface area contributed by atoms with Crippen LogP contribution in [-0.4, -0.2) is 21.0 Å². The zero-order valence-electron chi connectivity index (χ0n) is 9.45. The molecule has 0 aliphatic rings. The molecule has 1 amide bonds. The summed E-state index contributed by atoms with van der Waals surface area (Å²) in [6, 6.07) is 6.60. The molecule has 0 atom stereocenters. The van der Waals surface area contributed by atoms with Crippen LogP contribution in [0.4, 0.5) is 5.69 Å². The summed E-state index contributed by atoms with van der Waals surface area (Å²) in [5.74, 6) is -0.176. The Hall–Kier alpha value is -2.69. The van der Waals surface area contributed by atoms with Crippen molar-refractivity contribution in [2.75, 3.05) is 5.32 Å². The Balaban J connectivity index is 1.97. The van der Waals surface area contributed by atoms with Gasteiger partial charge < -0.3 is 10.4 Å². The van der Waals surface area contributed by atoms with Gasteiger partial charge in [-0.15, -0.1) is 0 Å². The number of pyridine rings is 2. The Bertz CT molecular complexity index is 550. The summed E-state index contributed by atoms with van der Waals surface area (Å²) in [6.07, 6.45) is 7.44. The Labute approximate surface area is 104 Å². The summed E-state index contributed by atoms with van der Waals surface area (Å²) in [6.45, 7) is 0. The van der Waals surface area contributed by atoms with Gasteiger partial charge in [0, 0.05) is 12.3 Å². The standard InChI is InChI=1S/C13H11N3O2/c17-12-5-3-10(15-9-12)4-6-13(18)16-11-2-1-7-14-8-11/h1-9,17H,(H,16,18)/b6-4+. The monoisotopic (exact) mass is 241 g/mol. The van der Waals surface area contributed by atoms with Crippen molar-refractivity contribution in [3.05, 3.63) is 54.6 Å². The molecule has 2 aromatic heterocycles. The smallest absolute Gasteiger partial charge is 0.248 e. The van der Waals surface area contributed by atoms with Gasteiger partial charge in [0.1, 0.15) is 5.75 Å². The maximum absolute atomic E-state index is 11.5. The van der Waals surface area contributed by atoms with E-state index in [4.69, 9.17) is 5.11 Å². The van der Waals surface area contributed by atoms with Crippen molar-refractivity contribution in [3.8, 4) is 5.75 Å². The second-order valence-electron chi connectivity index (χ2n) is 3.51. The molecule has 0 spiro atoms. The first-order chi connectivity index (χ1) is 8.74. The largest absolute Gasteiger partial charge is 0.506 e. The molecule has 0 aliphatic heterocycles. The number of hydrogen-bond acceptors (Lipinski definition) is 4. The topological polar surface area (TPSA) is 75.1 Å². The van der Waals surface area contributed by atoms with E-state index in [-0.39, 0.29) is 11.7 Å². The van der Waals surface area contributed by atoms with Crippen LogP contribution in [0.5, 0.6) is 5.75 Å². The number of nitrogens with zero attached hydrogens (tertiary/aromatic N) is 2. The normalized spacial score (nSPS) is 10.4. The van der Waals surface area contributed by atoms with Crippen molar-refractivity contribution < 1.29 is 9.90 Å². The highest BCUT2D eigenvalue weighted by Gasteiger charge is 1.97. The Morgan fingerprint density at radius 3 is 2.83 bits per heavy atom. The third-order valence-corrected chi connectivity index (χ3v) is 2.11. The molecule has 0 unspecified atom stereocenters. The van der Waals surface area contributed by atoms with Gasteiger partial charge in [-0.25, -0.2) is 0 Å². The van der Waals surface area contributed by atoms with Crippen molar-refractivity contribution in [3.63, 3.8) is 0 Å². The van der Waals surface area contributed by atoms with E-state index in [0.29, 0.717) is 11.4 Å². The maximum Gasteiger partial charge on any atom is 0.248 e. The minimum atomic E-state index is -0.266. The van der Waals surface area contributed by atoms with Gasteiger partial charge in [-0.1, -0.05) is 0 Å². The lowest BCUT2D eigenvalue weighted by Crippen LogP contribution is -2.07. The third-order valence-electron chi connectivity index (χ3n) is 2.11. The first-order valence-corrected chi connectivity index (χ1v) is 5.28. The second-order valence-corrected chi connectivity index (χ2v) is 3.51. The Morgan fingerprint density at radius 2 is 2.17 bits per heavy atom. The van der Waals surface area contributed by atoms with Crippen molar-refractivity contribution >= 4 is 17.7 Å². The van der Waals surface area contributed by atoms with E-state index in [9.17, 15) is 4.79 Å². The average molecular weight is 241 g/mol. The molecule has 2 N–H and O–H groups in total. The summed E-state index contributed by atoms with van der Waals surface area (Å²) >= 11 is 0. The highest BCUT2D eigenvalue weighted by Crippen LogP contribution is 2.07. The molecule has 0 fully saturated rings. The van der Waals surface area contributed by atoms with E-state index < -0.39 is 0 Å². The number of carbonyl (C=O) groups is 1. The fourth-order valence-corrected chi connectivity index (χ4v) is 1.28. The van der Waals surface area contributed by atoms with Gasteiger partial charge in [-0.05, 0) is 30.3 Å². The molecule has 18 heavy (non-hydrogen) atoms. The first kappa shape index (κ1) is 11.8. The van der Waals surface area contributed by atoms with Crippen LogP contribution in [0.1, 0.15) is 5.69 Å². The number of amides is 1. The molecule has 0 bridgehead atoms. The summed E-state index contributed by atoms with van der Waals surface area (Å²) < 4.78 is 0. The number of aromatic nitrogens is 2. The van der Waals surface area contributed by atoms with E-state index in [1.807, 2.05) is 0 Å².